The smallest absolute Gasteiger partial charge is 0.396 e. The SMILES string of the molecule is CC1(C)COC2(CCC3=C4C(CCC3(O)C2)C2CCC(O)(C(F)(F)C(F)(F)F)C2(C)C[C@@H]4c2ccc([C@H]3C[C@@H]3CO)cc2)OC1. The van der Waals surface area contributed by atoms with Crippen molar-refractivity contribution in [3.05, 3.63) is 46.5 Å². The molecule has 5 fully saturated rings. The minimum Gasteiger partial charge on any atom is -0.396 e. The number of aliphatic hydroxyl groups excluding tert-OH is 1. The Balaban J connectivity index is 1.31. The minimum absolute atomic E-state index is 0.0552. The molecule has 0 radical (unpaired) electrons. The van der Waals surface area contributed by atoms with Crippen molar-refractivity contribution in [2.45, 2.75) is 119 Å². The van der Waals surface area contributed by atoms with Gasteiger partial charge in [-0.25, -0.2) is 0 Å². The third-order valence-electron chi connectivity index (χ3n) is 12.8. The average Bonchev–Trinajstić information content (AvgIpc) is 3.71. The standard InChI is InChI=1S/C35H45F5O5/c1-29(2)18-44-32(45-19-29)12-9-27-28-23(8-11-31(27,42)17-32)26-10-13-33(43,34(36,37)35(38,39)40)30(26,3)15-25(28)21-6-4-20(5-7-21)24-14-22(24)16-41/h4-7,22-26,41-43H,8-19H2,1-3H3/t22-,23?,24-,25-,26?,30?,31?,33?/m1/s1. The first-order valence-electron chi connectivity index (χ1n) is 16.5. The number of allylic oxidation sites excluding steroid dienone is 1. The molecular formula is C35H45F5O5. The van der Waals surface area contributed by atoms with E-state index in [-0.39, 0.29) is 49.0 Å². The van der Waals surface area contributed by atoms with Gasteiger partial charge in [0.1, 0.15) is 5.60 Å². The molecule has 1 saturated heterocycles. The molecule has 45 heavy (non-hydrogen) atoms. The van der Waals surface area contributed by atoms with Crippen molar-refractivity contribution >= 4 is 0 Å². The van der Waals surface area contributed by atoms with E-state index in [9.17, 15) is 28.5 Å². The van der Waals surface area contributed by atoms with E-state index < -0.39 is 52.8 Å². The van der Waals surface area contributed by atoms with E-state index >= 15 is 8.78 Å². The van der Waals surface area contributed by atoms with Crippen LogP contribution in [0.5, 0.6) is 0 Å². The maximum atomic E-state index is 15.3. The van der Waals surface area contributed by atoms with Gasteiger partial charge in [-0.3, -0.25) is 0 Å². The zero-order valence-electron chi connectivity index (χ0n) is 26.2. The largest absolute Gasteiger partial charge is 0.456 e. The van der Waals surface area contributed by atoms with Crippen molar-refractivity contribution in [1.29, 1.82) is 0 Å². The van der Waals surface area contributed by atoms with Gasteiger partial charge in [0, 0.05) is 36.2 Å². The van der Waals surface area contributed by atoms with Gasteiger partial charge in [0.05, 0.1) is 18.8 Å². The summed E-state index contributed by atoms with van der Waals surface area (Å²) in [5, 5.41) is 33.4. The Kier molecular flexibility index (Phi) is 7.09. The van der Waals surface area contributed by atoms with Crippen LogP contribution in [0.2, 0.25) is 0 Å². The predicted molar refractivity (Wildman–Crippen MR) is 155 cm³/mol. The van der Waals surface area contributed by atoms with Crippen LogP contribution < -0.4 is 0 Å². The lowest BCUT2D eigenvalue weighted by molar-refractivity contribution is -0.362. The minimum atomic E-state index is -5.89. The van der Waals surface area contributed by atoms with Crippen LogP contribution in [-0.4, -0.2) is 64.2 Å². The Bertz CT molecular complexity index is 1360. The van der Waals surface area contributed by atoms with Gasteiger partial charge in [0.15, 0.2) is 5.79 Å². The van der Waals surface area contributed by atoms with E-state index in [1.54, 1.807) is 0 Å². The number of hydrogen-bond donors (Lipinski definition) is 3. The van der Waals surface area contributed by atoms with E-state index in [1.165, 1.54) is 6.92 Å². The molecule has 5 aliphatic carbocycles. The first kappa shape index (κ1) is 32.0. The average molecular weight is 641 g/mol. The topological polar surface area (TPSA) is 79.2 Å². The molecule has 0 bridgehead atoms. The molecule has 7 rings (SSSR count). The number of alkyl halides is 5. The molecule has 4 saturated carbocycles. The first-order valence-corrected chi connectivity index (χ1v) is 16.5. The molecule has 1 aromatic rings. The van der Waals surface area contributed by atoms with Gasteiger partial charge in [0.25, 0.3) is 0 Å². The zero-order chi connectivity index (χ0) is 32.4. The molecule has 1 heterocycles. The maximum Gasteiger partial charge on any atom is 0.456 e. The quantitative estimate of drug-likeness (QED) is 0.244. The van der Waals surface area contributed by atoms with Crippen molar-refractivity contribution in [2.24, 2.45) is 28.6 Å². The lowest BCUT2D eigenvalue weighted by Crippen LogP contribution is -2.65. The lowest BCUT2D eigenvalue weighted by atomic mass is 9.49. The highest BCUT2D eigenvalue weighted by Gasteiger charge is 2.79. The van der Waals surface area contributed by atoms with Crippen LogP contribution in [0.3, 0.4) is 0 Å². The zero-order valence-corrected chi connectivity index (χ0v) is 26.2. The molecule has 250 valence electrons. The Morgan fingerprint density at radius 3 is 2.11 bits per heavy atom. The number of rotatable bonds is 4. The molecule has 1 spiro atoms. The number of benzene rings is 1. The monoisotopic (exact) mass is 640 g/mol. The normalized spacial score (nSPS) is 42.2. The summed E-state index contributed by atoms with van der Waals surface area (Å²) in [6.07, 6.45) is -3.69. The van der Waals surface area contributed by atoms with Crippen LogP contribution in [0.15, 0.2) is 35.4 Å². The number of aliphatic hydroxyl groups is 3. The highest BCUT2D eigenvalue weighted by Crippen LogP contribution is 2.71. The summed E-state index contributed by atoms with van der Waals surface area (Å²) in [6, 6.07) is 7.77. The van der Waals surface area contributed by atoms with E-state index in [0.29, 0.717) is 38.9 Å². The molecule has 5 unspecified atom stereocenters. The van der Waals surface area contributed by atoms with Crippen LogP contribution >= 0.6 is 0 Å². The molecular weight excluding hydrogens is 595 g/mol. The van der Waals surface area contributed by atoms with Crippen molar-refractivity contribution in [2.75, 3.05) is 19.8 Å². The molecule has 6 aliphatic rings. The van der Waals surface area contributed by atoms with Crippen molar-refractivity contribution < 1.29 is 46.7 Å². The number of hydrogen-bond acceptors (Lipinski definition) is 5. The summed E-state index contributed by atoms with van der Waals surface area (Å²) in [6.45, 7) is 6.65. The Morgan fingerprint density at radius 2 is 1.51 bits per heavy atom. The second-order valence-corrected chi connectivity index (χ2v) is 16.1. The summed E-state index contributed by atoms with van der Waals surface area (Å²) in [7, 11) is 0. The summed E-state index contributed by atoms with van der Waals surface area (Å²) in [5.41, 5.74) is -2.72. The van der Waals surface area contributed by atoms with Gasteiger partial charge in [-0.2, -0.15) is 22.0 Å². The molecule has 1 aromatic carbocycles. The molecule has 3 N–H and O–H groups in total. The second kappa shape index (κ2) is 9.97. The Labute approximate surface area is 261 Å². The number of halogens is 5. The van der Waals surface area contributed by atoms with Crippen molar-refractivity contribution in [1.82, 2.24) is 0 Å². The molecule has 1 aliphatic heterocycles. The van der Waals surface area contributed by atoms with Gasteiger partial charge in [-0.05, 0) is 85.3 Å². The van der Waals surface area contributed by atoms with E-state index in [0.717, 1.165) is 28.7 Å². The maximum absolute atomic E-state index is 15.3. The third kappa shape index (κ3) is 4.62. The fourth-order valence-electron chi connectivity index (χ4n) is 10.1. The van der Waals surface area contributed by atoms with Crippen molar-refractivity contribution in [3.8, 4) is 0 Å². The third-order valence-corrected chi connectivity index (χ3v) is 12.8. The number of fused-ring (bicyclic) bond motifs is 4. The fourth-order valence-corrected chi connectivity index (χ4v) is 10.1. The fraction of sp³-hybridized carbons (Fsp3) is 0.771. The molecule has 8 atom stereocenters. The van der Waals surface area contributed by atoms with Crippen LogP contribution in [0.4, 0.5) is 22.0 Å². The number of ether oxygens (including phenoxy) is 2. The van der Waals surface area contributed by atoms with E-state index in [2.05, 4.69) is 13.8 Å². The van der Waals surface area contributed by atoms with Gasteiger partial charge < -0.3 is 24.8 Å². The first-order chi connectivity index (χ1) is 20.9. The summed E-state index contributed by atoms with van der Waals surface area (Å²) < 4.78 is 84.9. The van der Waals surface area contributed by atoms with Gasteiger partial charge >= 0.3 is 12.1 Å². The van der Waals surface area contributed by atoms with Crippen LogP contribution in [-0.2, 0) is 9.47 Å². The highest BCUT2D eigenvalue weighted by molar-refractivity contribution is 5.45. The summed E-state index contributed by atoms with van der Waals surface area (Å²) in [5.74, 6) is -7.22. The molecule has 10 heteroatoms. The van der Waals surface area contributed by atoms with Gasteiger partial charge in [-0.15, -0.1) is 0 Å². The van der Waals surface area contributed by atoms with E-state index in [1.807, 2.05) is 24.3 Å². The molecule has 0 aromatic heterocycles. The van der Waals surface area contributed by atoms with Gasteiger partial charge in [0.2, 0.25) is 0 Å². The van der Waals surface area contributed by atoms with Crippen molar-refractivity contribution in [3.63, 3.8) is 0 Å². The molecule has 0 amide bonds. The second-order valence-electron chi connectivity index (χ2n) is 16.1. The molecule has 5 nitrogen and oxygen atoms in total. The van der Waals surface area contributed by atoms with Crippen LogP contribution in [0, 0.1) is 28.6 Å². The van der Waals surface area contributed by atoms with Crippen LogP contribution in [0.1, 0.15) is 102 Å². The summed E-state index contributed by atoms with van der Waals surface area (Å²) in [4.78, 5) is 0. The van der Waals surface area contributed by atoms with Crippen LogP contribution in [0.25, 0.3) is 0 Å². The Hall–Kier alpha value is -1.59. The van der Waals surface area contributed by atoms with E-state index in [4.69, 9.17) is 9.47 Å². The highest BCUT2D eigenvalue weighted by atomic mass is 19.4. The lowest BCUT2D eigenvalue weighted by Gasteiger charge is -2.59. The summed E-state index contributed by atoms with van der Waals surface area (Å²) >= 11 is 0. The predicted octanol–water partition coefficient (Wildman–Crippen LogP) is 7.01. The Morgan fingerprint density at radius 1 is 0.867 bits per heavy atom. The van der Waals surface area contributed by atoms with Gasteiger partial charge in [-0.1, -0.05) is 50.6 Å².